The molecule has 1 atom stereocenters. The molecule has 0 aromatic rings. The molecule has 16 heavy (non-hydrogen) atoms. The second-order valence-electron chi connectivity index (χ2n) is 4.31. The number of alkyl halides is 1. The Hall–Kier alpha value is -0.410. The molecule has 0 aliphatic rings. The number of hydrogen-bond acceptors (Lipinski definition) is 2. The van der Waals surface area contributed by atoms with Gasteiger partial charge in [-0.2, -0.15) is 0 Å². The normalized spacial score (nSPS) is 15.9. The summed E-state index contributed by atoms with van der Waals surface area (Å²) in [6.07, 6.45) is 4.53. The van der Waals surface area contributed by atoms with Gasteiger partial charge in [0.2, 0.25) is 0 Å². The predicted octanol–water partition coefficient (Wildman–Crippen LogP) is 3.09. The molecule has 0 bridgehead atoms. The number of hydrogen-bond donors (Lipinski definition) is 1. The van der Waals surface area contributed by atoms with Crippen molar-refractivity contribution in [3.63, 3.8) is 0 Å². The van der Waals surface area contributed by atoms with Crippen LogP contribution >= 0.6 is 0 Å². The molecule has 96 valence electrons. The van der Waals surface area contributed by atoms with Gasteiger partial charge in [-0.05, 0) is 40.3 Å². The Morgan fingerprint density at radius 2 is 2.06 bits per heavy atom. The lowest BCUT2D eigenvalue weighted by Gasteiger charge is -2.22. The molecule has 1 unspecified atom stereocenters. The highest BCUT2D eigenvalue weighted by Crippen LogP contribution is 2.22. The zero-order chi connectivity index (χ0) is 12.4. The Morgan fingerprint density at radius 1 is 1.38 bits per heavy atom. The maximum atomic E-state index is 14.4. The van der Waals surface area contributed by atoms with Crippen LogP contribution < -0.4 is 5.32 Å². The van der Waals surface area contributed by atoms with Gasteiger partial charge in [-0.1, -0.05) is 19.1 Å². The first kappa shape index (κ1) is 15.6. The fourth-order valence-electron chi connectivity index (χ4n) is 1.53. The molecular formula is C13H26FNO. The summed E-state index contributed by atoms with van der Waals surface area (Å²) in [5, 5.41) is 3.15. The van der Waals surface area contributed by atoms with E-state index in [-0.39, 0.29) is 6.10 Å². The zero-order valence-corrected chi connectivity index (χ0v) is 11.1. The van der Waals surface area contributed by atoms with Crippen LogP contribution in [0.25, 0.3) is 0 Å². The third kappa shape index (κ3) is 7.83. The molecule has 0 aliphatic carbocycles. The molecule has 0 aromatic heterocycles. The quantitative estimate of drug-likeness (QED) is 0.486. The summed E-state index contributed by atoms with van der Waals surface area (Å²) in [5.41, 5.74) is -1.23. The minimum atomic E-state index is -1.23. The molecular weight excluding hydrogens is 205 g/mol. The van der Waals surface area contributed by atoms with Crippen LogP contribution in [-0.2, 0) is 4.74 Å². The second kappa shape index (κ2) is 8.71. The van der Waals surface area contributed by atoms with Crippen LogP contribution in [0.1, 0.15) is 40.5 Å². The molecule has 0 aromatic carbocycles. The van der Waals surface area contributed by atoms with Crippen LogP contribution in [0, 0.1) is 0 Å². The monoisotopic (exact) mass is 231 g/mol. The summed E-state index contributed by atoms with van der Waals surface area (Å²) < 4.78 is 19.8. The van der Waals surface area contributed by atoms with Gasteiger partial charge >= 0.3 is 0 Å². The van der Waals surface area contributed by atoms with Gasteiger partial charge in [0.1, 0.15) is 5.67 Å². The van der Waals surface area contributed by atoms with E-state index in [0.29, 0.717) is 26.0 Å². The number of ether oxygens (including phenoxy) is 1. The predicted molar refractivity (Wildman–Crippen MR) is 67.5 cm³/mol. The van der Waals surface area contributed by atoms with Gasteiger partial charge in [0.25, 0.3) is 0 Å². The Morgan fingerprint density at radius 3 is 2.56 bits per heavy atom. The van der Waals surface area contributed by atoms with Crippen molar-refractivity contribution in [2.75, 3.05) is 19.7 Å². The summed E-state index contributed by atoms with van der Waals surface area (Å²) >= 11 is 0. The van der Waals surface area contributed by atoms with Gasteiger partial charge in [0, 0.05) is 6.42 Å². The van der Waals surface area contributed by atoms with E-state index < -0.39 is 5.67 Å². The van der Waals surface area contributed by atoms with E-state index >= 15 is 0 Å². The molecule has 2 nitrogen and oxygen atoms in total. The molecule has 1 N–H and O–H groups in total. The smallest absolute Gasteiger partial charge is 0.132 e. The lowest BCUT2D eigenvalue weighted by atomic mass is 9.97. The van der Waals surface area contributed by atoms with E-state index in [1.54, 1.807) is 12.2 Å². The third-order valence-electron chi connectivity index (χ3n) is 2.40. The first-order chi connectivity index (χ1) is 7.54. The van der Waals surface area contributed by atoms with E-state index in [1.807, 2.05) is 27.7 Å². The topological polar surface area (TPSA) is 21.3 Å². The van der Waals surface area contributed by atoms with Crippen molar-refractivity contribution in [3.05, 3.63) is 12.2 Å². The number of nitrogens with one attached hydrogen (secondary N) is 1. The first-order valence-electron chi connectivity index (χ1n) is 6.19. The first-order valence-corrected chi connectivity index (χ1v) is 6.19. The van der Waals surface area contributed by atoms with Crippen molar-refractivity contribution in [2.45, 2.75) is 52.3 Å². The molecule has 0 heterocycles. The number of halogens is 1. The Labute approximate surface area is 99.3 Å². The molecule has 0 rings (SSSR count). The highest BCUT2D eigenvalue weighted by Gasteiger charge is 2.25. The van der Waals surface area contributed by atoms with Crippen molar-refractivity contribution < 1.29 is 9.13 Å². The number of allylic oxidation sites excluding steroid dienone is 2. The Balaban J connectivity index is 4.00. The minimum absolute atomic E-state index is 0.170. The molecule has 0 radical (unpaired) electrons. The fourth-order valence-corrected chi connectivity index (χ4v) is 1.53. The van der Waals surface area contributed by atoms with Crippen LogP contribution in [0.4, 0.5) is 4.39 Å². The maximum Gasteiger partial charge on any atom is 0.132 e. The van der Waals surface area contributed by atoms with Crippen molar-refractivity contribution in [2.24, 2.45) is 0 Å². The lowest BCUT2D eigenvalue weighted by molar-refractivity contribution is 0.0479. The SMILES string of the molecule is C/C=C/C(F)(CCNCC)CCOC(C)C. The van der Waals surface area contributed by atoms with Crippen molar-refractivity contribution in [3.8, 4) is 0 Å². The van der Waals surface area contributed by atoms with Gasteiger partial charge < -0.3 is 10.1 Å². The van der Waals surface area contributed by atoms with Crippen molar-refractivity contribution in [1.29, 1.82) is 0 Å². The minimum Gasteiger partial charge on any atom is -0.379 e. The lowest BCUT2D eigenvalue weighted by Crippen LogP contribution is -2.29. The van der Waals surface area contributed by atoms with E-state index in [2.05, 4.69) is 5.32 Å². The van der Waals surface area contributed by atoms with Crippen LogP contribution in [0.15, 0.2) is 12.2 Å². The maximum absolute atomic E-state index is 14.4. The van der Waals surface area contributed by atoms with Crippen LogP contribution in [0.5, 0.6) is 0 Å². The average Bonchev–Trinajstić information content (AvgIpc) is 2.18. The molecule has 0 fully saturated rings. The summed E-state index contributed by atoms with van der Waals surface area (Å²) in [4.78, 5) is 0. The summed E-state index contributed by atoms with van der Waals surface area (Å²) in [7, 11) is 0. The fraction of sp³-hybridized carbons (Fsp3) is 0.846. The van der Waals surface area contributed by atoms with E-state index in [0.717, 1.165) is 6.54 Å². The van der Waals surface area contributed by atoms with Crippen LogP contribution in [-0.4, -0.2) is 31.5 Å². The largest absolute Gasteiger partial charge is 0.379 e. The molecule has 0 saturated carbocycles. The van der Waals surface area contributed by atoms with Crippen LogP contribution in [0.2, 0.25) is 0 Å². The second-order valence-corrected chi connectivity index (χ2v) is 4.31. The standard InChI is InChI=1S/C13H26FNO/c1-5-7-13(14,8-10-15-6-2)9-11-16-12(3)4/h5,7,12,15H,6,8-11H2,1-4H3/b7-5+. The van der Waals surface area contributed by atoms with Gasteiger partial charge in [-0.25, -0.2) is 4.39 Å². The summed E-state index contributed by atoms with van der Waals surface area (Å²) in [6, 6.07) is 0. The van der Waals surface area contributed by atoms with Crippen molar-refractivity contribution in [1.82, 2.24) is 5.32 Å². The van der Waals surface area contributed by atoms with Gasteiger partial charge in [0.05, 0.1) is 12.7 Å². The zero-order valence-electron chi connectivity index (χ0n) is 11.1. The molecule has 3 heteroatoms. The van der Waals surface area contributed by atoms with Crippen LogP contribution in [0.3, 0.4) is 0 Å². The summed E-state index contributed by atoms with van der Waals surface area (Å²) in [6.45, 7) is 9.88. The van der Waals surface area contributed by atoms with Gasteiger partial charge in [-0.15, -0.1) is 0 Å². The van der Waals surface area contributed by atoms with Crippen molar-refractivity contribution >= 4 is 0 Å². The third-order valence-corrected chi connectivity index (χ3v) is 2.40. The van der Waals surface area contributed by atoms with E-state index in [1.165, 1.54) is 0 Å². The molecule has 0 aliphatic heterocycles. The van der Waals surface area contributed by atoms with E-state index in [9.17, 15) is 4.39 Å². The Bertz CT molecular complexity index is 194. The molecule has 0 spiro atoms. The molecule has 0 amide bonds. The molecule has 0 saturated heterocycles. The van der Waals surface area contributed by atoms with E-state index in [4.69, 9.17) is 4.74 Å². The highest BCUT2D eigenvalue weighted by atomic mass is 19.1. The van der Waals surface area contributed by atoms with Gasteiger partial charge in [0.15, 0.2) is 0 Å². The Kier molecular flexibility index (Phi) is 8.49. The van der Waals surface area contributed by atoms with Gasteiger partial charge in [-0.3, -0.25) is 0 Å². The number of rotatable bonds is 9. The average molecular weight is 231 g/mol. The highest BCUT2D eigenvalue weighted by molar-refractivity contribution is 5.00. The summed E-state index contributed by atoms with van der Waals surface area (Å²) in [5.74, 6) is 0.